The van der Waals surface area contributed by atoms with Gasteiger partial charge in [-0.1, -0.05) is 15.9 Å². The quantitative estimate of drug-likeness (QED) is 0.946. The summed E-state index contributed by atoms with van der Waals surface area (Å²) in [7, 11) is 0. The number of nitrogens with zero attached hydrogens (tertiary/aromatic N) is 2. The minimum Gasteiger partial charge on any atom is -0.327 e. The van der Waals surface area contributed by atoms with Gasteiger partial charge in [0, 0.05) is 23.8 Å². The Balaban J connectivity index is 2.33. The maximum Gasteiger partial charge on any atom is 0.124 e. The van der Waals surface area contributed by atoms with E-state index in [0.29, 0.717) is 13.1 Å². The number of hydrogen-bond acceptors (Lipinski definition) is 2. The zero-order chi connectivity index (χ0) is 12.4. The molecule has 90 valence electrons. The van der Waals surface area contributed by atoms with Crippen molar-refractivity contribution in [2.75, 3.05) is 0 Å². The first kappa shape index (κ1) is 12.3. The van der Waals surface area contributed by atoms with Crippen LogP contribution in [-0.2, 0) is 13.1 Å². The van der Waals surface area contributed by atoms with Crippen molar-refractivity contribution >= 4 is 15.9 Å². The summed E-state index contributed by atoms with van der Waals surface area (Å²) in [6.45, 7) is 2.92. The topological polar surface area (TPSA) is 43.8 Å². The van der Waals surface area contributed by atoms with Gasteiger partial charge in [-0.05, 0) is 30.7 Å². The summed E-state index contributed by atoms with van der Waals surface area (Å²) in [6.07, 6.45) is 1.75. The van der Waals surface area contributed by atoms with Crippen LogP contribution in [0.15, 0.2) is 28.9 Å². The molecule has 2 N–H and O–H groups in total. The number of nitrogens with two attached hydrogens (primary N) is 1. The largest absolute Gasteiger partial charge is 0.327 e. The van der Waals surface area contributed by atoms with Crippen molar-refractivity contribution in [1.29, 1.82) is 0 Å². The summed E-state index contributed by atoms with van der Waals surface area (Å²) >= 11 is 3.28. The molecule has 1 aromatic heterocycles. The van der Waals surface area contributed by atoms with Gasteiger partial charge in [0.1, 0.15) is 11.6 Å². The lowest BCUT2D eigenvalue weighted by Gasteiger charge is -2.09. The van der Waals surface area contributed by atoms with Crippen molar-refractivity contribution in [2.24, 2.45) is 5.73 Å². The van der Waals surface area contributed by atoms with Crippen LogP contribution in [0.1, 0.15) is 17.1 Å². The monoisotopic (exact) mass is 297 g/mol. The van der Waals surface area contributed by atoms with Gasteiger partial charge in [0.05, 0.1) is 5.69 Å². The van der Waals surface area contributed by atoms with Crippen LogP contribution in [0, 0.1) is 12.7 Å². The first-order chi connectivity index (χ1) is 8.10. The molecule has 0 bridgehead atoms. The molecule has 0 fully saturated rings. The predicted molar refractivity (Wildman–Crippen MR) is 68.1 cm³/mol. The minimum absolute atomic E-state index is 0.249. The van der Waals surface area contributed by atoms with Gasteiger partial charge in [-0.25, -0.2) is 9.37 Å². The van der Waals surface area contributed by atoms with Gasteiger partial charge in [0.15, 0.2) is 0 Å². The Labute approximate surface area is 108 Å². The average molecular weight is 298 g/mol. The highest BCUT2D eigenvalue weighted by atomic mass is 79.9. The zero-order valence-electron chi connectivity index (χ0n) is 9.45. The molecule has 2 rings (SSSR count). The molecule has 0 aliphatic rings. The summed E-state index contributed by atoms with van der Waals surface area (Å²) in [4.78, 5) is 4.21. The molecule has 0 radical (unpaired) electrons. The van der Waals surface area contributed by atoms with Crippen molar-refractivity contribution in [3.63, 3.8) is 0 Å². The Bertz CT molecular complexity index is 516. The third-order valence-corrected chi connectivity index (χ3v) is 3.07. The van der Waals surface area contributed by atoms with Crippen molar-refractivity contribution < 1.29 is 4.39 Å². The number of benzene rings is 1. The fourth-order valence-corrected chi connectivity index (χ4v) is 2.29. The summed E-state index contributed by atoms with van der Waals surface area (Å²) in [5.41, 5.74) is 7.46. The van der Waals surface area contributed by atoms with Gasteiger partial charge in [0.25, 0.3) is 0 Å². The standard InChI is InChI=1S/C12H13BrFN3/c1-8-16-6-12(5-15)17(8)7-9-2-10(13)4-11(14)3-9/h2-4,6H,5,7,15H2,1H3. The van der Waals surface area contributed by atoms with Crippen molar-refractivity contribution in [1.82, 2.24) is 9.55 Å². The summed E-state index contributed by atoms with van der Waals surface area (Å²) in [6, 6.07) is 4.85. The minimum atomic E-state index is -0.249. The van der Waals surface area contributed by atoms with Gasteiger partial charge in [-0.3, -0.25) is 0 Å². The molecule has 0 aliphatic heterocycles. The van der Waals surface area contributed by atoms with Crippen LogP contribution in [0.2, 0.25) is 0 Å². The van der Waals surface area contributed by atoms with Gasteiger partial charge in [-0.2, -0.15) is 0 Å². The third-order valence-electron chi connectivity index (χ3n) is 2.61. The van der Waals surface area contributed by atoms with E-state index in [9.17, 15) is 4.39 Å². The molecule has 0 spiro atoms. The number of hydrogen-bond donors (Lipinski definition) is 1. The van der Waals surface area contributed by atoms with Crippen LogP contribution in [-0.4, -0.2) is 9.55 Å². The molecule has 0 saturated carbocycles. The number of imidazole rings is 1. The van der Waals surface area contributed by atoms with Gasteiger partial charge < -0.3 is 10.3 Å². The second kappa shape index (κ2) is 4.98. The second-order valence-corrected chi connectivity index (χ2v) is 4.78. The number of rotatable bonds is 3. The van der Waals surface area contributed by atoms with Crippen molar-refractivity contribution in [2.45, 2.75) is 20.0 Å². The fraction of sp³-hybridized carbons (Fsp3) is 0.250. The van der Waals surface area contributed by atoms with Crippen LogP contribution < -0.4 is 5.73 Å². The van der Waals surface area contributed by atoms with E-state index in [4.69, 9.17) is 5.73 Å². The molecule has 0 atom stereocenters. The van der Waals surface area contributed by atoms with E-state index in [1.807, 2.05) is 17.6 Å². The van der Waals surface area contributed by atoms with Crippen molar-refractivity contribution in [3.8, 4) is 0 Å². The third kappa shape index (κ3) is 2.73. The lowest BCUT2D eigenvalue weighted by molar-refractivity contribution is 0.620. The maximum absolute atomic E-state index is 13.3. The molecule has 2 aromatic rings. The molecule has 0 saturated heterocycles. The van der Waals surface area contributed by atoms with Crippen LogP contribution >= 0.6 is 15.9 Å². The molecular weight excluding hydrogens is 285 g/mol. The highest BCUT2D eigenvalue weighted by Crippen LogP contribution is 2.17. The fourth-order valence-electron chi connectivity index (χ4n) is 1.78. The molecule has 1 aromatic carbocycles. The predicted octanol–water partition coefficient (Wildman–Crippen LogP) is 2.60. The Morgan fingerprint density at radius 2 is 2.18 bits per heavy atom. The summed E-state index contributed by atoms with van der Waals surface area (Å²) < 4.78 is 16.0. The first-order valence-corrected chi connectivity index (χ1v) is 6.05. The molecule has 17 heavy (non-hydrogen) atoms. The molecule has 0 amide bonds. The van der Waals surface area contributed by atoms with Crippen molar-refractivity contribution in [3.05, 3.63) is 51.8 Å². The number of halogens is 2. The van der Waals surface area contributed by atoms with E-state index in [-0.39, 0.29) is 5.82 Å². The normalized spacial score (nSPS) is 10.8. The van der Waals surface area contributed by atoms with E-state index in [0.717, 1.165) is 21.6 Å². The van der Waals surface area contributed by atoms with Gasteiger partial charge in [-0.15, -0.1) is 0 Å². The number of aryl methyl sites for hydroxylation is 1. The molecule has 5 heteroatoms. The van der Waals surface area contributed by atoms with Crippen LogP contribution in [0.5, 0.6) is 0 Å². The van der Waals surface area contributed by atoms with E-state index in [2.05, 4.69) is 20.9 Å². The molecule has 1 heterocycles. The summed E-state index contributed by atoms with van der Waals surface area (Å²) in [5.74, 6) is 0.632. The first-order valence-electron chi connectivity index (χ1n) is 5.26. The Hall–Kier alpha value is -1.20. The van der Waals surface area contributed by atoms with E-state index >= 15 is 0 Å². The average Bonchev–Trinajstić information content (AvgIpc) is 2.59. The van der Waals surface area contributed by atoms with E-state index < -0.39 is 0 Å². The lowest BCUT2D eigenvalue weighted by Crippen LogP contribution is -2.10. The van der Waals surface area contributed by atoms with E-state index in [1.165, 1.54) is 12.1 Å². The Morgan fingerprint density at radius 3 is 2.82 bits per heavy atom. The SMILES string of the molecule is Cc1ncc(CN)n1Cc1cc(F)cc(Br)c1. The van der Waals surface area contributed by atoms with Gasteiger partial charge >= 0.3 is 0 Å². The van der Waals surface area contributed by atoms with Crippen LogP contribution in [0.4, 0.5) is 4.39 Å². The highest BCUT2D eigenvalue weighted by Gasteiger charge is 2.07. The smallest absolute Gasteiger partial charge is 0.124 e. The molecular formula is C12H13BrFN3. The maximum atomic E-state index is 13.3. The number of aromatic nitrogens is 2. The van der Waals surface area contributed by atoms with Crippen LogP contribution in [0.3, 0.4) is 0 Å². The highest BCUT2D eigenvalue weighted by molar-refractivity contribution is 9.10. The molecule has 3 nitrogen and oxygen atoms in total. The zero-order valence-corrected chi connectivity index (χ0v) is 11.0. The van der Waals surface area contributed by atoms with Crippen LogP contribution in [0.25, 0.3) is 0 Å². The Morgan fingerprint density at radius 1 is 1.41 bits per heavy atom. The summed E-state index contributed by atoms with van der Waals surface area (Å²) in [5, 5.41) is 0. The molecule has 0 aliphatic carbocycles. The van der Waals surface area contributed by atoms with E-state index in [1.54, 1.807) is 6.20 Å². The Kier molecular flexibility index (Phi) is 3.59. The van der Waals surface area contributed by atoms with Gasteiger partial charge in [0.2, 0.25) is 0 Å². The molecule has 0 unspecified atom stereocenters. The lowest BCUT2D eigenvalue weighted by atomic mass is 10.2. The second-order valence-electron chi connectivity index (χ2n) is 3.86.